The Morgan fingerprint density at radius 2 is 1.52 bits per heavy atom. The van der Waals surface area contributed by atoms with Gasteiger partial charge in [-0.3, -0.25) is 9.59 Å². The van der Waals surface area contributed by atoms with Crippen LogP contribution in [0.5, 0.6) is 11.5 Å². The van der Waals surface area contributed by atoms with Crippen molar-refractivity contribution in [3.63, 3.8) is 0 Å². The minimum absolute atomic E-state index is 0.0314. The van der Waals surface area contributed by atoms with Gasteiger partial charge in [0.25, 0.3) is 0 Å². The summed E-state index contributed by atoms with van der Waals surface area (Å²) >= 11 is 1.14. The number of thioether (sulfide) groups is 1. The number of para-hydroxylation sites is 1. The third-order valence-electron chi connectivity index (χ3n) is 4.78. The van der Waals surface area contributed by atoms with Crippen molar-refractivity contribution in [1.82, 2.24) is 4.90 Å². The van der Waals surface area contributed by atoms with Crippen molar-refractivity contribution in [2.75, 3.05) is 6.54 Å². The van der Waals surface area contributed by atoms with E-state index < -0.39 is 0 Å². The zero-order chi connectivity index (χ0) is 20.1. The van der Waals surface area contributed by atoms with Crippen LogP contribution in [0.25, 0.3) is 0 Å². The SMILES string of the molecule is O=C(SC1CCN(Cc2ccc(Oc3ccccc3)cc2)C1=O)c1ccccc1. The van der Waals surface area contributed by atoms with Gasteiger partial charge in [0, 0.05) is 18.7 Å². The van der Waals surface area contributed by atoms with Crippen LogP contribution in [-0.2, 0) is 11.3 Å². The second-order valence-corrected chi connectivity index (χ2v) is 8.04. The van der Waals surface area contributed by atoms with Crippen molar-refractivity contribution in [2.45, 2.75) is 18.2 Å². The summed E-state index contributed by atoms with van der Waals surface area (Å²) in [6, 6.07) is 26.5. The van der Waals surface area contributed by atoms with Gasteiger partial charge in [-0.2, -0.15) is 0 Å². The molecular weight excluding hydrogens is 382 g/mol. The summed E-state index contributed by atoms with van der Waals surface area (Å²) in [4.78, 5) is 26.9. The van der Waals surface area contributed by atoms with Crippen molar-refractivity contribution < 1.29 is 14.3 Å². The van der Waals surface area contributed by atoms with Gasteiger partial charge in [0.1, 0.15) is 11.5 Å². The number of rotatable bonds is 6. The molecule has 0 aromatic heterocycles. The number of nitrogens with zero attached hydrogens (tertiary/aromatic N) is 1. The summed E-state index contributed by atoms with van der Waals surface area (Å²) < 4.78 is 5.81. The van der Waals surface area contributed by atoms with Crippen molar-refractivity contribution in [3.8, 4) is 11.5 Å². The number of hydrogen-bond acceptors (Lipinski definition) is 4. The summed E-state index contributed by atoms with van der Waals surface area (Å²) in [5.74, 6) is 1.58. The zero-order valence-corrected chi connectivity index (χ0v) is 16.7. The number of carbonyl (C=O) groups is 2. The van der Waals surface area contributed by atoms with Gasteiger partial charge in [-0.1, -0.05) is 72.4 Å². The molecule has 0 bridgehead atoms. The maximum atomic E-state index is 12.7. The Balaban J connectivity index is 1.33. The Morgan fingerprint density at radius 3 is 2.21 bits per heavy atom. The molecule has 1 unspecified atom stereocenters. The number of likely N-dealkylation sites (tertiary alicyclic amines) is 1. The van der Waals surface area contributed by atoms with Crippen LogP contribution in [0, 0.1) is 0 Å². The first-order valence-corrected chi connectivity index (χ1v) is 10.4. The fourth-order valence-electron chi connectivity index (χ4n) is 3.26. The maximum absolute atomic E-state index is 12.7. The molecule has 1 heterocycles. The Hall–Kier alpha value is -3.05. The number of ether oxygens (including phenoxy) is 1. The fourth-order valence-corrected chi connectivity index (χ4v) is 4.26. The van der Waals surface area contributed by atoms with Gasteiger partial charge in [0.2, 0.25) is 11.0 Å². The molecule has 3 aromatic rings. The Kier molecular flexibility index (Phi) is 5.96. The van der Waals surface area contributed by atoms with Gasteiger partial charge in [0.05, 0.1) is 5.25 Å². The Bertz CT molecular complexity index is 974. The van der Waals surface area contributed by atoms with E-state index in [0.717, 1.165) is 28.8 Å². The molecule has 0 saturated carbocycles. The molecule has 0 spiro atoms. The van der Waals surface area contributed by atoms with Gasteiger partial charge in [-0.05, 0) is 36.2 Å². The number of benzene rings is 3. The summed E-state index contributed by atoms with van der Waals surface area (Å²) in [6.45, 7) is 1.21. The Morgan fingerprint density at radius 1 is 0.897 bits per heavy atom. The number of carbonyl (C=O) groups excluding carboxylic acids is 2. The quantitative estimate of drug-likeness (QED) is 0.571. The third kappa shape index (κ3) is 4.87. The van der Waals surface area contributed by atoms with Crippen LogP contribution < -0.4 is 4.74 Å². The maximum Gasteiger partial charge on any atom is 0.236 e. The van der Waals surface area contributed by atoms with E-state index in [9.17, 15) is 9.59 Å². The first-order chi connectivity index (χ1) is 14.2. The highest BCUT2D eigenvalue weighted by atomic mass is 32.2. The predicted molar refractivity (Wildman–Crippen MR) is 115 cm³/mol. The third-order valence-corrected chi connectivity index (χ3v) is 5.95. The molecule has 1 saturated heterocycles. The minimum Gasteiger partial charge on any atom is -0.457 e. The first kappa shape index (κ1) is 19.3. The molecule has 1 aliphatic heterocycles. The van der Waals surface area contributed by atoms with Crippen molar-refractivity contribution in [3.05, 3.63) is 96.1 Å². The molecule has 0 radical (unpaired) electrons. The average Bonchev–Trinajstić information content (AvgIpc) is 3.10. The summed E-state index contributed by atoms with van der Waals surface area (Å²) in [7, 11) is 0. The van der Waals surface area contributed by atoms with Gasteiger partial charge in [-0.15, -0.1) is 0 Å². The van der Waals surface area contributed by atoms with Crippen LogP contribution in [0.15, 0.2) is 84.9 Å². The fraction of sp³-hybridized carbons (Fsp3) is 0.167. The largest absolute Gasteiger partial charge is 0.457 e. The van der Waals surface area contributed by atoms with Gasteiger partial charge < -0.3 is 9.64 Å². The molecule has 1 aliphatic rings. The van der Waals surface area contributed by atoms with Crippen LogP contribution in [0.2, 0.25) is 0 Å². The van der Waals surface area contributed by atoms with E-state index in [1.165, 1.54) is 0 Å². The molecule has 1 fully saturated rings. The van der Waals surface area contributed by atoms with Crippen molar-refractivity contribution >= 4 is 22.8 Å². The molecule has 5 heteroatoms. The van der Waals surface area contributed by atoms with Crippen LogP contribution in [0.1, 0.15) is 22.3 Å². The second-order valence-electron chi connectivity index (χ2n) is 6.87. The lowest BCUT2D eigenvalue weighted by Gasteiger charge is -2.17. The second kappa shape index (κ2) is 8.97. The number of amides is 1. The molecule has 0 N–H and O–H groups in total. The highest BCUT2D eigenvalue weighted by Crippen LogP contribution is 2.29. The summed E-state index contributed by atoms with van der Waals surface area (Å²) in [6.07, 6.45) is 0.692. The lowest BCUT2D eigenvalue weighted by molar-refractivity contribution is -0.127. The zero-order valence-electron chi connectivity index (χ0n) is 15.9. The predicted octanol–water partition coefficient (Wildman–Crippen LogP) is 5.15. The lowest BCUT2D eigenvalue weighted by Crippen LogP contribution is -2.28. The van der Waals surface area contributed by atoms with Crippen molar-refractivity contribution in [1.29, 1.82) is 0 Å². The smallest absolute Gasteiger partial charge is 0.236 e. The monoisotopic (exact) mass is 403 g/mol. The standard InChI is InChI=1S/C24H21NO3S/c26-23-22(29-24(27)19-7-3-1-4-8-19)15-16-25(23)17-18-11-13-21(14-12-18)28-20-9-5-2-6-10-20/h1-14,22H,15-17H2. The van der Waals surface area contributed by atoms with E-state index in [-0.39, 0.29) is 16.3 Å². The van der Waals surface area contributed by atoms with E-state index in [0.29, 0.717) is 25.1 Å². The highest BCUT2D eigenvalue weighted by Gasteiger charge is 2.33. The molecule has 3 aromatic carbocycles. The van der Waals surface area contributed by atoms with Crippen LogP contribution in [-0.4, -0.2) is 27.7 Å². The molecule has 146 valence electrons. The minimum atomic E-state index is -0.302. The molecule has 4 rings (SSSR count). The summed E-state index contributed by atoms with van der Waals surface area (Å²) in [5, 5.41) is -0.350. The van der Waals surface area contributed by atoms with E-state index in [1.54, 1.807) is 12.1 Å². The van der Waals surface area contributed by atoms with Gasteiger partial charge in [0.15, 0.2) is 0 Å². The van der Waals surface area contributed by atoms with Gasteiger partial charge >= 0.3 is 0 Å². The molecule has 1 amide bonds. The van der Waals surface area contributed by atoms with E-state index >= 15 is 0 Å². The Labute approximate surface area is 174 Å². The van der Waals surface area contributed by atoms with E-state index in [1.807, 2.05) is 77.7 Å². The normalized spacial score (nSPS) is 16.1. The first-order valence-electron chi connectivity index (χ1n) is 9.56. The average molecular weight is 404 g/mol. The number of hydrogen-bond donors (Lipinski definition) is 0. The molecule has 1 atom stereocenters. The van der Waals surface area contributed by atoms with E-state index in [2.05, 4.69) is 0 Å². The highest BCUT2D eigenvalue weighted by molar-refractivity contribution is 8.15. The van der Waals surface area contributed by atoms with Gasteiger partial charge in [-0.25, -0.2) is 0 Å². The summed E-state index contributed by atoms with van der Waals surface area (Å²) in [5.41, 5.74) is 1.68. The van der Waals surface area contributed by atoms with Crippen LogP contribution >= 0.6 is 11.8 Å². The van der Waals surface area contributed by atoms with Crippen LogP contribution in [0.4, 0.5) is 0 Å². The van der Waals surface area contributed by atoms with Crippen molar-refractivity contribution in [2.24, 2.45) is 0 Å². The molecule has 0 aliphatic carbocycles. The van der Waals surface area contributed by atoms with Crippen LogP contribution in [0.3, 0.4) is 0 Å². The molecule has 4 nitrogen and oxygen atoms in total. The lowest BCUT2D eigenvalue weighted by atomic mass is 10.2. The molecule has 29 heavy (non-hydrogen) atoms. The van der Waals surface area contributed by atoms with E-state index in [4.69, 9.17) is 4.74 Å². The topological polar surface area (TPSA) is 46.6 Å². The molecular formula is C24H21NO3S.